The van der Waals surface area contributed by atoms with Gasteiger partial charge in [-0.1, -0.05) is 41.7 Å². The Hall–Kier alpha value is -0.690. The number of anilines is 1. The monoisotopic (exact) mass is 400 g/mol. The van der Waals surface area contributed by atoms with E-state index in [0.717, 1.165) is 10.6 Å². The van der Waals surface area contributed by atoms with Gasteiger partial charge in [0.15, 0.2) is 0 Å². The Balaban J connectivity index is 3.19. The van der Waals surface area contributed by atoms with E-state index in [9.17, 15) is 13.2 Å². The molecule has 1 rings (SSSR count). The zero-order chi connectivity index (χ0) is 18.0. The van der Waals surface area contributed by atoms with E-state index in [2.05, 4.69) is 5.32 Å². The number of nitrogens with zero attached hydrogens (tertiary/aromatic N) is 1. The van der Waals surface area contributed by atoms with E-state index >= 15 is 0 Å². The zero-order valence-corrected chi connectivity index (χ0v) is 16.4. The van der Waals surface area contributed by atoms with Crippen LogP contribution < -0.4 is 9.62 Å². The van der Waals surface area contributed by atoms with Crippen molar-refractivity contribution >= 4 is 56.4 Å². The maximum absolute atomic E-state index is 12.2. The molecule has 0 aliphatic heterocycles. The molecule has 0 heterocycles. The molecule has 0 radical (unpaired) electrons. The highest BCUT2D eigenvalue weighted by Gasteiger charge is 2.26. The SMILES string of the molecule is CCC(C)(C)NC(=O)CN(c1cc(Cl)c(Cl)cc1Cl)S(C)(=O)=O. The third-order valence-electron chi connectivity index (χ3n) is 3.31. The van der Waals surface area contributed by atoms with Gasteiger partial charge in [-0.3, -0.25) is 9.10 Å². The maximum Gasteiger partial charge on any atom is 0.241 e. The van der Waals surface area contributed by atoms with Crippen molar-refractivity contribution in [2.24, 2.45) is 0 Å². The molecule has 0 unspecified atom stereocenters. The summed E-state index contributed by atoms with van der Waals surface area (Å²) in [4.78, 5) is 12.2. The Bertz CT molecular complexity index is 705. The summed E-state index contributed by atoms with van der Waals surface area (Å²) >= 11 is 17.9. The van der Waals surface area contributed by atoms with Gasteiger partial charge < -0.3 is 5.32 Å². The Morgan fingerprint density at radius 2 is 1.70 bits per heavy atom. The van der Waals surface area contributed by atoms with Gasteiger partial charge in [-0.15, -0.1) is 0 Å². The Kier molecular flexibility index (Phi) is 6.61. The van der Waals surface area contributed by atoms with Crippen LogP contribution in [0.15, 0.2) is 12.1 Å². The molecule has 1 amide bonds. The van der Waals surface area contributed by atoms with Crippen LogP contribution in [0.4, 0.5) is 5.69 Å². The number of carbonyl (C=O) groups is 1. The fourth-order valence-electron chi connectivity index (χ4n) is 1.72. The molecule has 0 fully saturated rings. The first-order valence-electron chi connectivity index (χ1n) is 6.80. The fraction of sp³-hybridized carbons (Fsp3) is 0.500. The van der Waals surface area contributed by atoms with Crippen LogP contribution in [0.3, 0.4) is 0 Å². The lowest BCUT2D eigenvalue weighted by Gasteiger charge is -2.28. The van der Waals surface area contributed by atoms with Gasteiger partial charge in [-0.05, 0) is 32.4 Å². The number of carbonyl (C=O) groups excluding carboxylic acids is 1. The molecule has 130 valence electrons. The molecule has 1 N–H and O–H groups in total. The molecule has 0 aliphatic carbocycles. The van der Waals surface area contributed by atoms with Gasteiger partial charge in [-0.25, -0.2) is 8.42 Å². The highest BCUT2D eigenvalue weighted by Crippen LogP contribution is 2.35. The van der Waals surface area contributed by atoms with Crippen LogP contribution in [0.5, 0.6) is 0 Å². The van der Waals surface area contributed by atoms with E-state index in [1.54, 1.807) is 0 Å². The second-order valence-corrected chi connectivity index (χ2v) is 8.90. The van der Waals surface area contributed by atoms with Crippen molar-refractivity contribution in [2.75, 3.05) is 17.1 Å². The first-order valence-corrected chi connectivity index (χ1v) is 9.79. The lowest BCUT2D eigenvalue weighted by molar-refractivity contribution is -0.121. The van der Waals surface area contributed by atoms with E-state index in [0.29, 0.717) is 6.42 Å². The normalized spacial score (nSPS) is 12.1. The summed E-state index contributed by atoms with van der Waals surface area (Å²) in [5.41, 5.74) is -0.338. The molecule has 0 saturated carbocycles. The Labute approximate surface area is 151 Å². The standard InChI is InChI=1S/C14H19Cl3N2O3S/c1-5-14(2,3)18-13(20)8-19(23(4,21)22)12-7-10(16)9(15)6-11(12)17/h6-7H,5,8H2,1-4H3,(H,18,20). The average Bonchev–Trinajstić information content (AvgIpc) is 2.39. The quantitative estimate of drug-likeness (QED) is 0.739. The van der Waals surface area contributed by atoms with Gasteiger partial charge in [0.25, 0.3) is 0 Å². The van der Waals surface area contributed by atoms with Crippen molar-refractivity contribution in [3.8, 4) is 0 Å². The lowest BCUT2D eigenvalue weighted by atomic mass is 10.0. The molecule has 0 bridgehead atoms. The number of sulfonamides is 1. The molecule has 1 aromatic rings. The van der Waals surface area contributed by atoms with Gasteiger partial charge in [0.1, 0.15) is 6.54 Å². The van der Waals surface area contributed by atoms with Gasteiger partial charge in [0, 0.05) is 5.54 Å². The second kappa shape index (κ2) is 7.47. The molecule has 0 saturated heterocycles. The summed E-state index contributed by atoms with van der Waals surface area (Å²) in [6, 6.07) is 2.67. The predicted molar refractivity (Wildman–Crippen MR) is 96.2 cm³/mol. The van der Waals surface area contributed by atoms with E-state index in [1.807, 2.05) is 20.8 Å². The Morgan fingerprint density at radius 1 is 1.17 bits per heavy atom. The molecule has 0 atom stereocenters. The van der Waals surface area contributed by atoms with E-state index in [4.69, 9.17) is 34.8 Å². The molecule has 5 nitrogen and oxygen atoms in total. The summed E-state index contributed by atoms with van der Waals surface area (Å²) in [7, 11) is -3.74. The number of halogens is 3. The molecule has 9 heteroatoms. The van der Waals surface area contributed by atoms with Crippen LogP contribution in [0.25, 0.3) is 0 Å². The number of hydrogen-bond donors (Lipinski definition) is 1. The van der Waals surface area contributed by atoms with Crippen molar-refractivity contribution in [1.82, 2.24) is 5.32 Å². The minimum Gasteiger partial charge on any atom is -0.350 e. The number of nitrogens with one attached hydrogen (secondary N) is 1. The number of amides is 1. The first-order chi connectivity index (χ1) is 10.4. The van der Waals surface area contributed by atoms with Crippen LogP contribution in [-0.2, 0) is 14.8 Å². The number of hydrogen-bond acceptors (Lipinski definition) is 3. The third-order valence-corrected chi connectivity index (χ3v) is 5.46. The Morgan fingerprint density at radius 3 is 2.17 bits per heavy atom. The van der Waals surface area contributed by atoms with Crippen molar-refractivity contribution in [3.63, 3.8) is 0 Å². The smallest absolute Gasteiger partial charge is 0.241 e. The first kappa shape index (κ1) is 20.4. The highest BCUT2D eigenvalue weighted by atomic mass is 35.5. The summed E-state index contributed by atoms with van der Waals surface area (Å²) in [5.74, 6) is -0.440. The molecule has 1 aromatic carbocycles. The summed E-state index contributed by atoms with van der Waals surface area (Å²) in [6.45, 7) is 5.22. The fourth-order valence-corrected chi connectivity index (χ4v) is 3.27. The van der Waals surface area contributed by atoms with Crippen LogP contribution in [0.1, 0.15) is 27.2 Å². The van der Waals surface area contributed by atoms with Gasteiger partial charge in [0.05, 0.1) is 27.0 Å². The van der Waals surface area contributed by atoms with Crippen molar-refractivity contribution < 1.29 is 13.2 Å². The van der Waals surface area contributed by atoms with Crippen LogP contribution >= 0.6 is 34.8 Å². The van der Waals surface area contributed by atoms with Crippen molar-refractivity contribution in [3.05, 3.63) is 27.2 Å². The van der Waals surface area contributed by atoms with E-state index in [1.165, 1.54) is 12.1 Å². The number of benzene rings is 1. The third kappa shape index (κ3) is 5.71. The van der Waals surface area contributed by atoms with Crippen molar-refractivity contribution in [2.45, 2.75) is 32.7 Å². The van der Waals surface area contributed by atoms with Gasteiger partial charge in [0.2, 0.25) is 15.9 Å². The molecule has 0 aliphatic rings. The van der Waals surface area contributed by atoms with Gasteiger partial charge >= 0.3 is 0 Å². The minimum atomic E-state index is -3.74. The van der Waals surface area contributed by atoms with Crippen LogP contribution in [0, 0.1) is 0 Å². The summed E-state index contributed by atoms with van der Waals surface area (Å²) < 4.78 is 25.0. The summed E-state index contributed by atoms with van der Waals surface area (Å²) in [6.07, 6.45) is 1.69. The maximum atomic E-state index is 12.2. The summed E-state index contributed by atoms with van der Waals surface area (Å²) in [5, 5.41) is 3.21. The van der Waals surface area contributed by atoms with Crippen LogP contribution in [-0.4, -0.2) is 32.7 Å². The van der Waals surface area contributed by atoms with E-state index < -0.39 is 28.0 Å². The zero-order valence-electron chi connectivity index (χ0n) is 13.3. The second-order valence-electron chi connectivity index (χ2n) is 5.77. The average molecular weight is 402 g/mol. The van der Waals surface area contributed by atoms with Crippen LogP contribution in [0.2, 0.25) is 15.1 Å². The molecular weight excluding hydrogens is 383 g/mol. The van der Waals surface area contributed by atoms with Gasteiger partial charge in [-0.2, -0.15) is 0 Å². The minimum absolute atomic E-state index is 0.0902. The molecule has 0 spiro atoms. The van der Waals surface area contributed by atoms with E-state index in [-0.39, 0.29) is 20.8 Å². The topological polar surface area (TPSA) is 66.5 Å². The molecule has 23 heavy (non-hydrogen) atoms. The van der Waals surface area contributed by atoms with Crippen molar-refractivity contribution in [1.29, 1.82) is 0 Å². The predicted octanol–water partition coefficient (Wildman–Crippen LogP) is 3.72. The molecular formula is C14H19Cl3N2O3S. The number of rotatable bonds is 6. The lowest BCUT2D eigenvalue weighted by Crippen LogP contribution is -2.48. The largest absolute Gasteiger partial charge is 0.350 e. The highest BCUT2D eigenvalue weighted by molar-refractivity contribution is 7.92. The molecule has 0 aromatic heterocycles.